The van der Waals surface area contributed by atoms with Crippen LogP contribution in [-0.4, -0.2) is 46.6 Å². The quantitative estimate of drug-likeness (QED) is 0.788. The van der Waals surface area contributed by atoms with E-state index < -0.39 is 5.97 Å². The molecule has 0 saturated carbocycles. The highest BCUT2D eigenvalue weighted by Gasteiger charge is 2.19. The van der Waals surface area contributed by atoms with Crippen LogP contribution in [0.5, 0.6) is 0 Å². The molecule has 24 heavy (non-hydrogen) atoms. The van der Waals surface area contributed by atoms with Crippen LogP contribution < -0.4 is 5.32 Å². The van der Waals surface area contributed by atoms with Gasteiger partial charge in [0.15, 0.2) is 0 Å². The molecule has 7 heteroatoms. The van der Waals surface area contributed by atoms with E-state index in [1.807, 2.05) is 18.2 Å². The predicted octanol–water partition coefficient (Wildman–Crippen LogP) is 2.35. The van der Waals surface area contributed by atoms with Crippen LogP contribution in [0.4, 0.5) is 5.69 Å². The lowest BCUT2D eigenvalue weighted by molar-refractivity contribution is -0.134. The average Bonchev–Trinajstić information content (AvgIpc) is 2.72. The Hall–Kier alpha value is -2.02. The molecule has 0 aromatic heterocycles. The van der Waals surface area contributed by atoms with E-state index in [-0.39, 0.29) is 24.1 Å². The lowest BCUT2D eigenvalue weighted by Crippen LogP contribution is -2.37. The van der Waals surface area contributed by atoms with Gasteiger partial charge in [0.1, 0.15) is 0 Å². The van der Waals surface area contributed by atoms with Crippen molar-refractivity contribution in [1.29, 1.82) is 0 Å². The van der Waals surface area contributed by atoms with E-state index in [1.54, 1.807) is 11.0 Å². The number of likely N-dealkylation sites (tertiary alicyclic amines) is 1. The molecule has 1 heterocycles. The van der Waals surface area contributed by atoms with E-state index in [0.717, 1.165) is 24.8 Å². The monoisotopic (exact) mass is 350 g/mol. The largest absolute Gasteiger partial charge is 0.481 e. The molecule has 1 aromatic rings. The molecule has 1 saturated heterocycles. The molecule has 0 atom stereocenters. The van der Waals surface area contributed by atoms with Gasteiger partial charge in [0.25, 0.3) is 0 Å². The second-order valence-electron chi connectivity index (χ2n) is 5.76. The number of amides is 2. The van der Waals surface area contributed by atoms with Gasteiger partial charge in [-0.3, -0.25) is 14.4 Å². The van der Waals surface area contributed by atoms with E-state index in [4.69, 9.17) is 5.11 Å². The Labute approximate surface area is 145 Å². The highest BCUT2D eigenvalue weighted by Crippen LogP contribution is 2.17. The molecule has 2 N–H and O–H groups in total. The molecular weight excluding hydrogens is 328 g/mol. The highest BCUT2D eigenvalue weighted by atomic mass is 32.2. The fraction of sp³-hybridized carbons (Fsp3) is 0.471. The minimum atomic E-state index is -0.841. The number of nitrogens with zero attached hydrogens (tertiary/aromatic N) is 1. The van der Waals surface area contributed by atoms with Crippen LogP contribution in [-0.2, 0) is 20.1 Å². The molecule has 0 radical (unpaired) electrons. The maximum atomic E-state index is 12.2. The summed E-state index contributed by atoms with van der Waals surface area (Å²) in [7, 11) is 0. The first-order valence-corrected chi connectivity index (χ1v) is 9.16. The summed E-state index contributed by atoms with van der Waals surface area (Å²) in [5, 5.41) is 11.5. The second-order valence-corrected chi connectivity index (χ2v) is 6.75. The number of rotatable bonds is 7. The van der Waals surface area contributed by atoms with Crippen LogP contribution >= 0.6 is 11.8 Å². The molecule has 0 unspecified atom stereocenters. The number of thioether (sulfide) groups is 1. The maximum Gasteiger partial charge on any atom is 0.313 e. The molecule has 1 aromatic carbocycles. The summed E-state index contributed by atoms with van der Waals surface area (Å²) in [6, 6.07) is 7.33. The molecular formula is C17H22N2O4S. The zero-order chi connectivity index (χ0) is 17.4. The van der Waals surface area contributed by atoms with Gasteiger partial charge in [-0.2, -0.15) is 0 Å². The molecule has 6 nitrogen and oxygen atoms in total. The van der Waals surface area contributed by atoms with Crippen LogP contribution in [0, 0.1) is 0 Å². The first-order valence-electron chi connectivity index (χ1n) is 8.00. The number of nitrogens with one attached hydrogen (secondary N) is 1. The van der Waals surface area contributed by atoms with E-state index in [1.165, 1.54) is 11.8 Å². The lowest BCUT2D eigenvalue weighted by Gasteiger charge is -2.19. The van der Waals surface area contributed by atoms with Crippen molar-refractivity contribution in [3.8, 4) is 0 Å². The van der Waals surface area contributed by atoms with Crippen molar-refractivity contribution < 1.29 is 19.5 Å². The van der Waals surface area contributed by atoms with Crippen LogP contribution in [0.25, 0.3) is 0 Å². The number of aliphatic carboxylic acids is 1. The van der Waals surface area contributed by atoms with Crippen molar-refractivity contribution in [2.45, 2.75) is 31.4 Å². The van der Waals surface area contributed by atoms with Gasteiger partial charge in [0, 0.05) is 24.4 Å². The summed E-state index contributed by atoms with van der Waals surface area (Å²) in [5.74, 6) is -0.387. The molecule has 130 valence electrons. The maximum absolute atomic E-state index is 12.2. The number of anilines is 1. The van der Waals surface area contributed by atoms with Gasteiger partial charge in [-0.25, -0.2) is 0 Å². The SMILES string of the molecule is O=C(O)CSCc1cccc(NC(=O)CN2CCCCCC2=O)c1. The minimum Gasteiger partial charge on any atom is -0.481 e. The first-order chi connectivity index (χ1) is 11.5. The number of benzene rings is 1. The van der Waals surface area contributed by atoms with E-state index in [0.29, 0.717) is 24.4 Å². The van der Waals surface area contributed by atoms with Gasteiger partial charge in [0.05, 0.1) is 12.3 Å². The molecule has 0 spiro atoms. The normalized spacial score (nSPS) is 15.0. The van der Waals surface area contributed by atoms with Gasteiger partial charge in [-0.1, -0.05) is 18.6 Å². The second kappa shape index (κ2) is 9.32. The number of hydrogen-bond acceptors (Lipinski definition) is 4. The van der Waals surface area contributed by atoms with Crippen molar-refractivity contribution in [3.63, 3.8) is 0 Å². The van der Waals surface area contributed by atoms with Gasteiger partial charge >= 0.3 is 5.97 Å². The number of carboxylic acids is 1. The standard InChI is InChI=1S/C17H22N2O4S/c20-15(10-19-8-3-1-2-7-16(19)21)18-14-6-4-5-13(9-14)11-24-12-17(22)23/h4-6,9H,1-3,7-8,10-12H2,(H,18,20)(H,22,23). The van der Waals surface area contributed by atoms with Crippen LogP contribution in [0.2, 0.25) is 0 Å². The summed E-state index contributed by atoms with van der Waals surface area (Å²) in [6.45, 7) is 0.717. The topological polar surface area (TPSA) is 86.7 Å². The van der Waals surface area contributed by atoms with Crippen molar-refractivity contribution >= 4 is 35.2 Å². The fourth-order valence-corrected chi connectivity index (χ4v) is 3.27. The summed E-state index contributed by atoms with van der Waals surface area (Å²) in [6.07, 6.45) is 3.38. The Morgan fingerprint density at radius 1 is 1.25 bits per heavy atom. The molecule has 1 aliphatic rings. The van der Waals surface area contributed by atoms with Crippen molar-refractivity contribution in [2.24, 2.45) is 0 Å². The molecule has 1 fully saturated rings. The summed E-state index contributed by atoms with van der Waals surface area (Å²) < 4.78 is 0. The Balaban J connectivity index is 1.86. The Bertz CT molecular complexity index is 606. The van der Waals surface area contributed by atoms with Crippen molar-refractivity contribution in [1.82, 2.24) is 4.90 Å². The van der Waals surface area contributed by atoms with Crippen molar-refractivity contribution in [2.75, 3.05) is 24.2 Å². The summed E-state index contributed by atoms with van der Waals surface area (Å²) in [5.41, 5.74) is 1.61. The zero-order valence-electron chi connectivity index (χ0n) is 13.5. The average molecular weight is 350 g/mol. The minimum absolute atomic E-state index is 0.0430. The molecule has 1 aliphatic heterocycles. The molecule has 2 amide bonds. The van der Waals surface area contributed by atoms with Crippen LogP contribution in [0.3, 0.4) is 0 Å². The van der Waals surface area contributed by atoms with Gasteiger partial charge in [0.2, 0.25) is 11.8 Å². The van der Waals surface area contributed by atoms with Crippen LogP contribution in [0.15, 0.2) is 24.3 Å². The van der Waals surface area contributed by atoms with Crippen LogP contribution in [0.1, 0.15) is 31.2 Å². The highest BCUT2D eigenvalue weighted by molar-refractivity contribution is 7.99. The van der Waals surface area contributed by atoms with Gasteiger partial charge in [-0.05, 0) is 30.5 Å². The van der Waals surface area contributed by atoms with Gasteiger partial charge in [-0.15, -0.1) is 11.8 Å². The van der Waals surface area contributed by atoms with E-state index in [2.05, 4.69) is 5.32 Å². The fourth-order valence-electron chi connectivity index (χ4n) is 2.57. The first kappa shape index (κ1) is 18.3. The number of carbonyl (C=O) groups is 3. The molecule has 0 aliphatic carbocycles. The third-order valence-electron chi connectivity index (χ3n) is 3.71. The third kappa shape index (κ3) is 6.23. The summed E-state index contributed by atoms with van der Waals surface area (Å²) in [4.78, 5) is 36.2. The number of carbonyl (C=O) groups excluding carboxylic acids is 2. The predicted molar refractivity (Wildman–Crippen MR) is 93.9 cm³/mol. The molecule has 2 rings (SSSR count). The number of hydrogen-bond donors (Lipinski definition) is 2. The Morgan fingerprint density at radius 2 is 2.08 bits per heavy atom. The lowest BCUT2D eigenvalue weighted by atomic mass is 10.2. The third-order valence-corrected chi connectivity index (χ3v) is 4.70. The molecule has 0 bridgehead atoms. The summed E-state index contributed by atoms with van der Waals surface area (Å²) >= 11 is 1.31. The smallest absolute Gasteiger partial charge is 0.313 e. The van der Waals surface area contributed by atoms with E-state index >= 15 is 0 Å². The zero-order valence-corrected chi connectivity index (χ0v) is 14.3. The number of carboxylic acid groups (broad SMARTS) is 1. The van der Waals surface area contributed by atoms with Gasteiger partial charge < -0.3 is 15.3 Å². The van der Waals surface area contributed by atoms with E-state index in [9.17, 15) is 14.4 Å². The Kier molecular flexibility index (Phi) is 7.11. The van der Waals surface area contributed by atoms with Crippen molar-refractivity contribution in [3.05, 3.63) is 29.8 Å². The Morgan fingerprint density at radius 3 is 2.88 bits per heavy atom.